The van der Waals surface area contributed by atoms with Crippen molar-refractivity contribution in [2.24, 2.45) is 5.92 Å². The molecule has 1 aromatic rings. The van der Waals surface area contributed by atoms with Crippen LogP contribution in [-0.4, -0.2) is 34.4 Å². The number of hydrogen-bond acceptors (Lipinski definition) is 7. The molecule has 0 radical (unpaired) electrons. The third-order valence-corrected chi connectivity index (χ3v) is 6.27. The van der Waals surface area contributed by atoms with Gasteiger partial charge in [0.1, 0.15) is 0 Å². The second-order valence-electron chi connectivity index (χ2n) is 8.94. The Bertz CT molecular complexity index is 871. The van der Waals surface area contributed by atoms with E-state index in [1.54, 1.807) is 0 Å². The summed E-state index contributed by atoms with van der Waals surface area (Å²) in [4.78, 5) is 46.1. The van der Waals surface area contributed by atoms with Gasteiger partial charge in [-0.15, -0.1) is 6.58 Å². The number of nitro groups is 2. The van der Waals surface area contributed by atoms with Gasteiger partial charge in [0.25, 0.3) is 17.3 Å². The summed E-state index contributed by atoms with van der Waals surface area (Å²) < 4.78 is 5.48. The van der Waals surface area contributed by atoms with Crippen LogP contribution in [0.2, 0.25) is 0 Å². The molecule has 0 saturated heterocycles. The summed E-state index contributed by atoms with van der Waals surface area (Å²) in [6, 6.07) is 2.31. The maximum absolute atomic E-state index is 12.8. The van der Waals surface area contributed by atoms with E-state index < -0.39 is 39.1 Å². The zero-order chi connectivity index (χ0) is 25.6. The first kappa shape index (κ1) is 27.9. The number of non-ortho nitro benzene ring substituents is 2. The highest BCUT2D eigenvalue weighted by molar-refractivity contribution is 5.96. The Morgan fingerprint density at radius 1 is 0.943 bits per heavy atom. The van der Waals surface area contributed by atoms with Gasteiger partial charge in [0.05, 0.1) is 34.0 Å². The number of esters is 1. The highest BCUT2D eigenvalue weighted by Crippen LogP contribution is 2.27. The van der Waals surface area contributed by atoms with Gasteiger partial charge in [-0.2, -0.15) is 0 Å². The first-order chi connectivity index (χ1) is 16.8. The molecular formula is C25H35N3O7. The van der Waals surface area contributed by atoms with Crippen LogP contribution in [0.3, 0.4) is 0 Å². The van der Waals surface area contributed by atoms with Gasteiger partial charge in [0.15, 0.2) is 0 Å². The van der Waals surface area contributed by atoms with Gasteiger partial charge < -0.3 is 10.1 Å². The first-order valence-corrected chi connectivity index (χ1v) is 12.4. The van der Waals surface area contributed by atoms with E-state index in [2.05, 4.69) is 11.9 Å². The van der Waals surface area contributed by atoms with Crippen LogP contribution in [0.15, 0.2) is 30.9 Å². The highest BCUT2D eigenvalue weighted by atomic mass is 16.6. The van der Waals surface area contributed by atoms with Crippen molar-refractivity contribution in [1.29, 1.82) is 0 Å². The maximum atomic E-state index is 12.8. The van der Waals surface area contributed by atoms with Crippen LogP contribution in [0.1, 0.15) is 87.4 Å². The molecule has 192 valence electrons. The number of hydrogen-bond donors (Lipinski definition) is 1. The van der Waals surface area contributed by atoms with E-state index >= 15 is 0 Å². The Morgan fingerprint density at radius 2 is 1.51 bits per heavy atom. The van der Waals surface area contributed by atoms with Crippen molar-refractivity contribution in [3.8, 4) is 0 Å². The standard InChI is InChI=1S/C25H35N3O7/c1-2-3-4-5-6-7-8-9-12-15-35-25(30)22-13-10-11-14-23(22)26-24(29)19-16-20(27(31)32)18-21(17-19)28(33)34/h2,16-18,22-23H,1,3-15H2,(H,26,29). The molecule has 1 aliphatic carbocycles. The van der Waals surface area contributed by atoms with Gasteiger partial charge in [-0.1, -0.05) is 51.0 Å². The Balaban J connectivity index is 1.85. The minimum absolute atomic E-state index is 0.187. The first-order valence-electron chi connectivity index (χ1n) is 12.4. The van der Waals surface area contributed by atoms with Gasteiger partial charge in [0, 0.05) is 18.2 Å². The number of carbonyl (C=O) groups excluding carboxylic acids is 2. The number of nitrogens with zero attached hydrogens (tertiary/aromatic N) is 2. The van der Waals surface area contributed by atoms with Crippen LogP contribution in [0.5, 0.6) is 0 Å². The quantitative estimate of drug-likeness (QED) is 0.110. The number of ether oxygens (including phenoxy) is 1. The van der Waals surface area contributed by atoms with Gasteiger partial charge in [0.2, 0.25) is 0 Å². The molecule has 1 aromatic carbocycles. The summed E-state index contributed by atoms with van der Waals surface area (Å²) in [6.07, 6.45) is 13.4. The van der Waals surface area contributed by atoms with E-state index in [1.165, 1.54) is 19.3 Å². The van der Waals surface area contributed by atoms with Crippen LogP contribution in [0.4, 0.5) is 11.4 Å². The minimum Gasteiger partial charge on any atom is -0.465 e. The molecule has 0 heterocycles. The number of amides is 1. The van der Waals surface area contributed by atoms with Gasteiger partial charge >= 0.3 is 5.97 Å². The number of benzene rings is 1. The molecule has 0 bridgehead atoms. The third kappa shape index (κ3) is 9.46. The molecule has 10 nitrogen and oxygen atoms in total. The van der Waals surface area contributed by atoms with E-state index in [0.29, 0.717) is 19.4 Å². The van der Waals surface area contributed by atoms with Crippen LogP contribution in [-0.2, 0) is 9.53 Å². The summed E-state index contributed by atoms with van der Waals surface area (Å²) >= 11 is 0. The largest absolute Gasteiger partial charge is 0.465 e. The van der Waals surface area contributed by atoms with Crippen LogP contribution in [0.25, 0.3) is 0 Å². The lowest BCUT2D eigenvalue weighted by atomic mass is 9.84. The maximum Gasteiger partial charge on any atom is 0.311 e. The van der Waals surface area contributed by atoms with Gasteiger partial charge in [-0.05, 0) is 32.1 Å². The van der Waals surface area contributed by atoms with Crippen molar-refractivity contribution in [1.82, 2.24) is 5.32 Å². The van der Waals surface area contributed by atoms with E-state index in [9.17, 15) is 29.8 Å². The van der Waals surface area contributed by atoms with Crippen molar-refractivity contribution in [3.63, 3.8) is 0 Å². The Morgan fingerprint density at radius 3 is 2.11 bits per heavy atom. The lowest BCUT2D eigenvalue weighted by Gasteiger charge is -2.30. The van der Waals surface area contributed by atoms with Crippen molar-refractivity contribution < 1.29 is 24.2 Å². The zero-order valence-corrected chi connectivity index (χ0v) is 20.1. The summed E-state index contributed by atoms with van der Waals surface area (Å²) in [5.41, 5.74) is -1.27. The third-order valence-electron chi connectivity index (χ3n) is 6.27. The van der Waals surface area contributed by atoms with Crippen LogP contribution in [0, 0.1) is 26.1 Å². The van der Waals surface area contributed by atoms with Gasteiger partial charge in [-0.3, -0.25) is 29.8 Å². The van der Waals surface area contributed by atoms with Crippen molar-refractivity contribution in [2.45, 2.75) is 83.1 Å². The molecule has 1 amide bonds. The Kier molecular flexibility index (Phi) is 11.9. The minimum atomic E-state index is -0.784. The normalized spacial score (nSPS) is 17.4. The summed E-state index contributed by atoms with van der Waals surface area (Å²) in [7, 11) is 0. The molecule has 2 unspecified atom stereocenters. The molecule has 2 rings (SSSR count). The van der Waals surface area contributed by atoms with E-state index in [-0.39, 0.29) is 11.5 Å². The molecule has 0 spiro atoms. The topological polar surface area (TPSA) is 142 Å². The molecule has 1 saturated carbocycles. The Hall–Kier alpha value is -3.30. The van der Waals surface area contributed by atoms with Crippen LogP contribution < -0.4 is 5.32 Å². The Labute approximate surface area is 205 Å². The number of carbonyl (C=O) groups is 2. The highest BCUT2D eigenvalue weighted by Gasteiger charge is 2.34. The molecule has 0 aromatic heterocycles. The van der Waals surface area contributed by atoms with Crippen molar-refractivity contribution >= 4 is 23.3 Å². The molecule has 0 aliphatic heterocycles. The summed E-state index contributed by atoms with van der Waals surface area (Å²) in [5.74, 6) is -1.55. The predicted octanol–water partition coefficient (Wildman–Crippen LogP) is 5.64. The van der Waals surface area contributed by atoms with E-state index in [1.807, 2.05) is 6.08 Å². The summed E-state index contributed by atoms with van der Waals surface area (Å²) in [6.45, 7) is 4.06. The van der Waals surface area contributed by atoms with Crippen molar-refractivity contribution in [3.05, 3.63) is 56.6 Å². The lowest BCUT2D eigenvalue weighted by molar-refractivity contribution is -0.394. The number of rotatable bonds is 15. The fourth-order valence-corrected chi connectivity index (χ4v) is 4.33. The molecule has 2 atom stereocenters. The second kappa shape index (κ2) is 14.9. The fourth-order valence-electron chi connectivity index (χ4n) is 4.33. The number of unbranched alkanes of at least 4 members (excludes halogenated alkanes) is 7. The van der Waals surface area contributed by atoms with E-state index in [4.69, 9.17) is 4.74 Å². The SMILES string of the molecule is C=CCCCCCCCCCOC(=O)C1CCCCC1NC(=O)c1cc([N+](=O)[O-])cc([N+](=O)[O-])c1. The number of nitrogens with one attached hydrogen (secondary N) is 1. The summed E-state index contributed by atoms with van der Waals surface area (Å²) in [5, 5.41) is 25.0. The molecular weight excluding hydrogens is 454 g/mol. The average molecular weight is 490 g/mol. The molecule has 1 N–H and O–H groups in total. The molecule has 1 fully saturated rings. The second-order valence-corrected chi connectivity index (χ2v) is 8.94. The molecule has 35 heavy (non-hydrogen) atoms. The number of nitro benzene ring substituents is 2. The average Bonchev–Trinajstić information content (AvgIpc) is 2.85. The fraction of sp³-hybridized carbons (Fsp3) is 0.600. The smallest absolute Gasteiger partial charge is 0.311 e. The van der Waals surface area contributed by atoms with Crippen LogP contribution >= 0.6 is 0 Å². The monoisotopic (exact) mass is 489 g/mol. The van der Waals surface area contributed by atoms with Gasteiger partial charge in [-0.25, -0.2) is 0 Å². The number of allylic oxidation sites excluding steroid dienone is 1. The van der Waals surface area contributed by atoms with Crippen molar-refractivity contribution in [2.75, 3.05) is 6.61 Å². The zero-order valence-electron chi connectivity index (χ0n) is 20.1. The molecule has 1 aliphatic rings. The molecule has 10 heteroatoms. The van der Waals surface area contributed by atoms with E-state index in [0.717, 1.165) is 63.1 Å². The predicted molar refractivity (Wildman–Crippen MR) is 131 cm³/mol. The lowest BCUT2D eigenvalue weighted by Crippen LogP contribution is -2.45.